The van der Waals surface area contributed by atoms with Crippen molar-refractivity contribution in [2.45, 2.75) is 13.1 Å². The molecule has 9 nitrogen and oxygen atoms in total. The third kappa shape index (κ3) is 2.30. The lowest BCUT2D eigenvalue weighted by atomic mass is 10.2. The highest BCUT2D eigenvalue weighted by Crippen LogP contribution is 2.11. The topological polar surface area (TPSA) is 97.4 Å². The predicted molar refractivity (Wildman–Crippen MR) is 83.3 cm³/mol. The van der Waals surface area contributed by atoms with Gasteiger partial charge in [0, 0.05) is 38.7 Å². The molecule has 1 aliphatic heterocycles. The van der Waals surface area contributed by atoms with Gasteiger partial charge in [0.15, 0.2) is 5.82 Å². The third-order valence-corrected chi connectivity index (χ3v) is 4.08. The highest BCUT2D eigenvalue weighted by molar-refractivity contribution is 5.94. The van der Waals surface area contributed by atoms with Crippen molar-refractivity contribution in [3.05, 3.63) is 47.9 Å². The average Bonchev–Trinajstić information content (AvgIpc) is 3.22. The standard InChI is InChI=1S/C15H15N7O2/c1-20-6-7-22-12(18-19-13(22)15(20)24)8-17-14(23)10-2-3-11-16-4-5-21(11)9-10/h2-5,9H,6-8H2,1H3,(H,17,23). The first-order valence-corrected chi connectivity index (χ1v) is 7.52. The molecule has 3 aromatic heterocycles. The van der Waals surface area contributed by atoms with Crippen LogP contribution in [0.3, 0.4) is 0 Å². The highest BCUT2D eigenvalue weighted by Gasteiger charge is 2.26. The second-order valence-electron chi connectivity index (χ2n) is 5.61. The molecule has 0 fully saturated rings. The summed E-state index contributed by atoms with van der Waals surface area (Å²) >= 11 is 0. The van der Waals surface area contributed by atoms with Gasteiger partial charge in [0.25, 0.3) is 11.8 Å². The van der Waals surface area contributed by atoms with Gasteiger partial charge in [-0.2, -0.15) is 0 Å². The minimum atomic E-state index is -0.220. The van der Waals surface area contributed by atoms with E-state index in [0.717, 1.165) is 5.65 Å². The van der Waals surface area contributed by atoms with Gasteiger partial charge in [-0.3, -0.25) is 9.59 Å². The van der Waals surface area contributed by atoms with E-state index in [0.29, 0.717) is 30.3 Å². The summed E-state index contributed by atoms with van der Waals surface area (Å²) < 4.78 is 3.53. The number of hydrogen-bond donors (Lipinski definition) is 1. The quantitative estimate of drug-likeness (QED) is 0.728. The molecule has 4 heterocycles. The van der Waals surface area contributed by atoms with E-state index in [2.05, 4.69) is 20.5 Å². The molecule has 0 bridgehead atoms. The number of nitrogens with one attached hydrogen (secondary N) is 1. The second-order valence-corrected chi connectivity index (χ2v) is 5.61. The van der Waals surface area contributed by atoms with E-state index in [1.807, 2.05) is 0 Å². The van der Waals surface area contributed by atoms with E-state index in [4.69, 9.17) is 0 Å². The van der Waals surface area contributed by atoms with Crippen LogP contribution >= 0.6 is 0 Å². The zero-order valence-electron chi connectivity index (χ0n) is 13.0. The molecule has 0 atom stereocenters. The van der Waals surface area contributed by atoms with Gasteiger partial charge in [-0.1, -0.05) is 0 Å². The Morgan fingerprint density at radius 2 is 2.17 bits per heavy atom. The summed E-state index contributed by atoms with van der Waals surface area (Å²) in [5.74, 6) is 0.510. The van der Waals surface area contributed by atoms with Gasteiger partial charge in [0.2, 0.25) is 5.82 Å². The highest BCUT2D eigenvalue weighted by atomic mass is 16.2. The van der Waals surface area contributed by atoms with Crippen LogP contribution in [0.2, 0.25) is 0 Å². The van der Waals surface area contributed by atoms with E-state index in [-0.39, 0.29) is 18.4 Å². The van der Waals surface area contributed by atoms with E-state index in [1.165, 1.54) is 0 Å². The van der Waals surface area contributed by atoms with Crippen LogP contribution in [-0.2, 0) is 13.1 Å². The van der Waals surface area contributed by atoms with Crippen LogP contribution in [-0.4, -0.2) is 54.5 Å². The van der Waals surface area contributed by atoms with E-state index in [9.17, 15) is 9.59 Å². The van der Waals surface area contributed by atoms with Crippen LogP contribution in [0, 0.1) is 0 Å². The zero-order valence-corrected chi connectivity index (χ0v) is 13.0. The van der Waals surface area contributed by atoms with Gasteiger partial charge in [0.1, 0.15) is 5.65 Å². The van der Waals surface area contributed by atoms with Gasteiger partial charge in [-0.05, 0) is 12.1 Å². The van der Waals surface area contributed by atoms with Crippen LogP contribution in [0.1, 0.15) is 26.8 Å². The molecule has 3 aromatic rings. The third-order valence-electron chi connectivity index (χ3n) is 4.08. The number of amides is 2. The first kappa shape index (κ1) is 14.4. The van der Waals surface area contributed by atoms with Crippen molar-refractivity contribution in [3.63, 3.8) is 0 Å². The summed E-state index contributed by atoms with van der Waals surface area (Å²) in [5.41, 5.74) is 1.30. The maximum atomic E-state index is 12.3. The monoisotopic (exact) mass is 325 g/mol. The molecular weight excluding hydrogens is 310 g/mol. The second kappa shape index (κ2) is 5.44. The number of nitrogens with zero attached hydrogens (tertiary/aromatic N) is 6. The van der Waals surface area contributed by atoms with Crippen molar-refractivity contribution >= 4 is 17.5 Å². The summed E-state index contributed by atoms with van der Waals surface area (Å²) in [4.78, 5) is 30.1. The van der Waals surface area contributed by atoms with Crippen LogP contribution in [0.25, 0.3) is 5.65 Å². The Balaban J connectivity index is 1.50. The Labute approximate surface area is 136 Å². The normalized spacial score (nSPS) is 14.0. The number of fused-ring (bicyclic) bond motifs is 2. The molecule has 4 rings (SSSR count). The number of carbonyl (C=O) groups excluding carboxylic acids is 2. The molecule has 0 saturated heterocycles. The van der Waals surface area contributed by atoms with E-state index < -0.39 is 0 Å². The molecule has 9 heteroatoms. The molecule has 0 aromatic carbocycles. The first-order valence-electron chi connectivity index (χ1n) is 7.52. The van der Waals surface area contributed by atoms with Gasteiger partial charge in [-0.25, -0.2) is 4.98 Å². The zero-order chi connectivity index (χ0) is 16.7. The Bertz CT molecular complexity index is 942. The van der Waals surface area contributed by atoms with Crippen LogP contribution in [0.4, 0.5) is 0 Å². The lowest BCUT2D eigenvalue weighted by molar-refractivity contribution is 0.0740. The predicted octanol–water partition coefficient (Wildman–Crippen LogP) is -0.0586. The summed E-state index contributed by atoms with van der Waals surface area (Å²) in [6.45, 7) is 1.43. The van der Waals surface area contributed by atoms with Crippen molar-refractivity contribution in [2.24, 2.45) is 0 Å². The maximum Gasteiger partial charge on any atom is 0.291 e. The molecule has 0 radical (unpaired) electrons. The number of hydrogen-bond acceptors (Lipinski definition) is 5. The summed E-state index contributed by atoms with van der Waals surface area (Å²) in [6.07, 6.45) is 5.17. The maximum absolute atomic E-state index is 12.3. The number of pyridine rings is 1. The van der Waals surface area contributed by atoms with Crippen molar-refractivity contribution in [1.29, 1.82) is 0 Å². The average molecular weight is 325 g/mol. The van der Waals surface area contributed by atoms with Crippen LogP contribution in [0.5, 0.6) is 0 Å². The summed E-state index contributed by atoms with van der Waals surface area (Å²) in [6, 6.07) is 3.50. The van der Waals surface area contributed by atoms with E-state index >= 15 is 0 Å². The molecule has 0 saturated carbocycles. The SMILES string of the molecule is CN1CCn2c(CNC(=O)c3ccc4nccn4c3)nnc2C1=O. The fourth-order valence-electron chi connectivity index (χ4n) is 2.70. The van der Waals surface area contributed by atoms with Crippen LogP contribution in [0.15, 0.2) is 30.7 Å². The van der Waals surface area contributed by atoms with Crippen molar-refractivity contribution in [1.82, 2.24) is 34.4 Å². The Kier molecular flexibility index (Phi) is 3.26. The first-order chi connectivity index (χ1) is 11.6. The minimum absolute atomic E-state index is 0.156. The Morgan fingerprint density at radius 3 is 3.04 bits per heavy atom. The molecule has 0 spiro atoms. The molecular formula is C15H15N7O2. The smallest absolute Gasteiger partial charge is 0.291 e. The van der Waals surface area contributed by atoms with Crippen molar-refractivity contribution < 1.29 is 9.59 Å². The lowest BCUT2D eigenvalue weighted by Crippen LogP contribution is -2.38. The Hall–Kier alpha value is -3.23. The molecule has 0 unspecified atom stereocenters. The Morgan fingerprint density at radius 1 is 1.29 bits per heavy atom. The number of rotatable bonds is 3. The number of likely N-dealkylation sites (N-methyl/N-ethyl adjacent to an activating group) is 1. The van der Waals surface area contributed by atoms with E-state index in [1.54, 1.807) is 51.6 Å². The number of aromatic nitrogens is 5. The minimum Gasteiger partial charge on any atom is -0.345 e. The fraction of sp³-hybridized carbons (Fsp3) is 0.267. The van der Waals surface area contributed by atoms with Gasteiger partial charge in [0.05, 0.1) is 12.1 Å². The largest absolute Gasteiger partial charge is 0.345 e. The summed E-state index contributed by atoms with van der Waals surface area (Å²) in [7, 11) is 1.73. The van der Waals surface area contributed by atoms with Gasteiger partial charge in [-0.15, -0.1) is 10.2 Å². The van der Waals surface area contributed by atoms with Crippen molar-refractivity contribution in [3.8, 4) is 0 Å². The molecule has 1 N–H and O–H groups in total. The summed E-state index contributed by atoms with van der Waals surface area (Å²) in [5, 5.41) is 10.8. The fourth-order valence-corrected chi connectivity index (χ4v) is 2.70. The molecule has 2 amide bonds. The van der Waals surface area contributed by atoms with Gasteiger partial charge >= 0.3 is 0 Å². The lowest BCUT2D eigenvalue weighted by Gasteiger charge is -2.23. The van der Waals surface area contributed by atoms with Crippen LogP contribution < -0.4 is 5.32 Å². The molecule has 0 aliphatic carbocycles. The van der Waals surface area contributed by atoms with Gasteiger partial charge < -0.3 is 19.2 Å². The number of carbonyl (C=O) groups is 2. The number of imidazole rings is 1. The molecule has 24 heavy (non-hydrogen) atoms. The molecule has 1 aliphatic rings. The van der Waals surface area contributed by atoms with Crippen molar-refractivity contribution in [2.75, 3.05) is 13.6 Å². The molecule has 122 valence electrons.